The van der Waals surface area contributed by atoms with E-state index in [0.717, 1.165) is 32.0 Å². The summed E-state index contributed by atoms with van der Waals surface area (Å²) in [4.78, 5) is 28.6. The first kappa shape index (κ1) is 27.1. The van der Waals surface area contributed by atoms with Crippen LogP contribution in [0.5, 0.6) is 0 Å². The average Bonchev–Trinajstić information content (AvgIpc) is 2.86. The molecule has 3 heterocycles. The van der Waals surface area contributed by atoms with E-state index in [1.165, 1.54) is 35.9 Å². The van der Waals surface area contributed by atoms with Crippen molar-refractivity contribution in [1.82, 2.24) is 14.8 Å². The van der Waals surface area contributed by atoms with E-state index in [9.17, 15) is 27.2 Å². The molecule has 2 aliphatic rings. The predicted molar refractivity (Wildman–Crippen MR) is 131 cm³/mol. The molecule has 7 nitrogen and oxygen atoms in total. The van der Waals surface area contributed by atoms with E-state index in [0.29, 0.717) is 5.69 Å². The molecule has 37 heavy (non-hydrogen) atoms. The Hall–Kier alpha value is -2.92. The molecule has 1 aromatic heterocycles. The standard InChI is InChI=1S/C26H32F4N4O3/c1-15(17-4-3-5-18(24(17)28)25(29)30)31-26(36)19-13-34(22-8-11-37-14-20(22)27)23(35)12-21(19)32-16-6-9-33(2)10-7-16/h3-5,12-13,15-16,20,22,25,32H,6-11,14H2,1-2H3,(H,31,36)/t15?,20-,22-/m0/s1. The van der Waals surface area contributed by atoms with Gasteiger partial charge in [0.15, 0.2) is 0 Å². The van der Waals surface area contributed by atoms with Crippen molar-refractivity contribution in [2.75, 3.05) is 38.7 Å². The summed E-state index contributed by atoms with van der Waals surface area (Å²) < 4.78 is 62.0. The van der Waals surface area contributed by atoms with Gasteiger partial charge in [-0.05, 0) is 46.3 Å². The van der Waals surface area contributed by atoms with Crippen molar-refractivity contribution >= 4 is 11.6 Å². The maximum absolute atomic E-state index is 14.7. The number of anilines is 1. The van der Waals surface area contributed by atoms with Crippen LogP contribution in [0, 0.1) is 5.82 Å². The van der Waals surface area contributed by atoms with Gasteiger partial charge in [0.2, 0.25) is 0 Å². The van der Waals surface area contributed by atoms with E-state index in [-0.39, 0.29) is 36.8 Å². The molecule has 2 aromatic rings. The fraction of sp³-hybridized carbons (Fsp3) is 0.538. The number of nitrogens with one attached hydrogen (secondary N) is 2. The highest BCUT2D eigenvalue weighted by Crippen LogP contribution is 2.29. The molecule has 0 radical (unpaired) electrons. The first-order valence-electron chi connectivity index (χ1n) is 12.5. The Balaban J connectivity index is 1.65. The number of alkyl halides is 3. The molecule has 2 saturated heterocycles. The van der Waals surface area contributed by atoms with Crippen LogP contribution in [0.2, 0.25) is 0 Å². The minimum absolute atomic E-state index is 0.0209. The van der Waals surface area contributed by atoms with Gasteiger partial charge in [0.1, 0.15) is 12.0 Å². The minimum atomic E-state index is -3.00. The van der Waals surface area contributed by atoms with Gasteiger partial charge in [0.05, 0.1) is 35.5 Å². The Bertz CT molecular complexity index is 1170. The van der Waals surface area contributed by atoms with Crippen LogP contribution in [0.4, 0.5) is 23.2 Å². The van der Waals surface area contributed by atoms with Crippen molar-refractivity contribution in [2.24, 2.45) is 0 Å². The van der Waals surface area contributed by atoms with Crippen LogP contribution < -0.4 is 16.2 Å². The zero-order valence-electron chi connectivity index (χ0n) is 20.9. The number of benzene rings is 1. The average molecular weight is 525 g/mol. The number of piperidine rings is 1. The summed E-state index contributed by atoms with van der Waals surface area (Å²) in [5.74, 6) is -1.72. The third kappa shape index (κ3) is 6.15. The fourth-order valence-electron chi connectivity index (χ4n) is 4.91. The Morgan fingerprint density at radius 1 is 1.16 bits per heavy atom. The van der Waals surface area contributed by atoms with Gasteiger partial charge in [-0.3, -0.25) is 9.59 Å². The first-order chi connectivity index (χ1) is 17.7. The van der Waals surface area contributed by atoms with Crippen LogP contribution in [0.15, 0.2) is 35.3 Å². The van der Waals surface area contributed by atoms with E-state index in [4.69, 9.17) is 4.74 Å². The summed E-state index contributed by atoms with van der Waals surface area (Å²) in [5.41, 5.74) is -0.896. The number of halogens is 4. The van der Waals surface area contributed by atoms with Crippen LogP contribution in [0.1, 0.15) is 66.2 Å². The number of rotatable bonds is 7. The fourth-order valence-corrected chi connectivity index (χ4v) is 4.91. The van der Waals surface area contributed by atoms with Crippen LogP contribution in [-0.2, 0) is 4.74 Å². The summed E-state index contributed by atoms with van der Waals surface area (Å²) in [5, 5.41) is 5.95. The number of likely N-dealkylation sites (tertiary alicyclic amines) is 1. The molecule has 0 saturated carbocycles. The lowest BCUT2D eigenvalue weighted by Crippen LogP contribution is -2.40. The number of carbonyl (C=O) groups is 1. The minimum Gasteiger partial charge on any atom is -0.381 e. The molecule has 2 aliphatic heterocycles. The Kier molecular flexibility index (Phi) is 8.53. The number of nitrogens with zero attached hydrogens (tertiary/aromatic N) is 2. The molecule has 2 N–H and O–H groups in total. The van der Waals surface area contributed by atoms with E-state index >= 15 is 0 Å². The van der Waals surface area contributed by atoms with Crippen molar-refractivity contribution in [3.05, 3.63) is 63.3 Å². The van der Waals surface area contributed by atoms with Crippen molar-refractivity contribution < 1.29 is 27.1 Å². The Morgan fingerprint density at radius 2 is 1.86 bits per heavy atom. The quantitative estimate of drug-likeness (QED) is 0.531. The highest BCUT2D eigenvalue weighted by atomic mass is 19.3. The van der Waals surface area contributed by atoms with E-state index < -0.39 is 47.5 Å². The molecule has 2 fully saturated rings. The lowest BCUT2D eigenvalue weighted by molar-refractivity contribution is 0.00232. The molecule has 0 spiro atoms. The van der Waals surface area contributed by atoms with Crippen LogP contribution in [0.25, 0.3) is 0 Å². The number of hydrogen-bond donors (Lipinski definition) is 2. The number of amides is 1. The van der Waals surface area contributed by atoms with Crippen molar-refractivity contribution in [2.45, 2.75) is 56.9 Å². The number of ether oxygens (including phenoxy) is 1. The molecule has 11 heteroatoms. The molecule has 4 rings (SSSR count). The zero-order valence-corrected chi connectivity index (χ0v) is 20.9. The van der Waals surface area contributed by atoms with E-state index in [1.54, 1.807) is 0 Å². The molecular weight excluding hydrogens is 492 g/mol. The summed E-state index contributed by atoms with van der Waals surface area (Å²) in [6.45, 7) is 3.31. The maximum atomic E-state index is 14.7. The molecule has 0 aliphatic carbocycles. The second-order valence-corrected chi connectivity index (χ2v) is 9.76. The number of hydrogen-bond acceptors (Lipinski definition) is 5. The van der Waals surface area contributed by atoms with Crippen LogP contribution >= 0.6 is 0 Å². The third-order valence-corrected chi connectivity index (χ3v) is 7.12. The lowest BCUT2D eigenvalue weighted by Gasteiger charge is -2.31. The van der Waals surface area contributed by atoms with Gasteiger partial charge in [-0.1, -0.05) is 18.2 Å². The van der Waals surface area contributed by atoms with Gasteiger partial charge in [0.25, 0.3) is 17.9 Å². The maximum Gasteiger partial charge on any atom is 0.266 e. The summed E-state index contributed by atoms with van der Waals surface area (Å²) in [7, 11) is 2.01. The predicted octanol–water partition coefficient (Wildman–Crippen LogP) is 4.22. The Labute approximate surface area is 212 Å². The number of aromatic nitrogens is 1. The number of carbonyl (C=O) groups excluding carboxylic acids is 1. The Morgan fingerprint density at radius 3 is 2.54 bits per heavy atom. The second-order valence-electron chi connectivity index (χ2n) is 9.76. The molecule has 202 valence electrons. The molecule has 1 unspecified atom stereocenters. The van der Waals surface area contributed by atoms with Crippen LogP contribution in [0.3, 0.4) is 0 Å². The van der Waals surface area contributed by atoms with Gasteiger partial charge < -0.3 is 24.8 Å². The van der Waals surface area contributed by atoms with Gasteiger partial charge in [-0.25, -0.2) is 17.6 Å². The molecule has 0 bridgehead atoms. The zero-order chi connectivity index (χ0) is 26.7. The lowest BCUT2D eigenvalue weighted by atomic mass is 10.0. The number of pyridine rings is 1. The van der Waals surface area contributed by atoms with Gasteiger partial charge in [-0.2, -0.15) is 0 Å². The monoisotopic (exact) mass is 524 g/mol. The summed E-state index contributed by atoms with van der Waals surface area (Å²) in [6, 6.07) is 3.22. The van der Waals surface area contributed by atoms with E-state index in [1.807, 2.05) is 7.05 Å². The van der Waals surface area contributed by atoms with Crippen LogP contribution in [-0.4, -0.2) is 60.9 Å². The highest BCUT2D eigenvalue weighted by molar-refractivity contribution is 5.99. The highest BCUT2D eigenvalue weighted by Gasteiger charge is 2.30. The summed E-state index contributed by atoms with van der Waals surface area (Å²) >= 11 is 0. The first-order valence-corrected chi connectivity index (χ1v) is 12.5. The topological polar surface area (TPSA) is 75.6 Å². The van der Waals surface area contributed by atoms with Crippen molar-refractivity contribution in [3.8, 4) is 0 Å². The molecule has 1 aromatic carbocycles. The smallest absolute Gasteiger partial charge is 0.266 e. The largest absolute Gasteiger partial charge is 0.381 e. The van der Waals surface area contributed by atoms with Gasteiger partial charge in [-0.15, -0.1) is 0 Å². The molecule has 3 atom stereocenters. The van der Waals surface area contributed by atoms with Crippen molar-refractivity contribution in [1.29, 1.82) is 0 Å². The summed E-state index contributed by atoms with van der Waals surface area (Å²) in [6.07, 6.45) is -1.21. The van der Waals surface area contributed by atoms with E-state index in [2.05, 4.69) is 15.5 Å². The van der Waals surface area contributed by atoms with Gasteiger partial charge in [0, 0.05) is 30.5 Å². The SMILES string of the molecule is CC(NC(=O)c1cn([C@H]2CCOC[C@@H]2F)c(=O)cc1NC1CCN(C)CC1)c1cccc(C(F)F)c1F. The van der Waals surface area contributed by atoms with Crippen molar-refractivity contribution in [3.63, 3.8) is 0 Å². The second kappa shape index (κ2) is 11.6. The van der Waals surface area contributed by atoms with Gasteiger partial charge >= 0.3 is 0 Å². The third-order valence-electron chi connectivity index (χ3n) is 7.12. The normalized spacial score (nSPS) is 22.1. The molecule has 1 amide bonds. The molecular formula is C26H32F4N4O3.